The molecule has 1 N–H and O–H groups in total. The topological polar surface area (TPSA) is 36.8 Å². The first-order chi connectivity index (χ1) is 11.5. The number of anilines is 1. The molecule has 3 heteroatoms. The van der Waals surface area contributed by atoms with Crippen molar-refractivity contribution >= 4 is 18.1 Å². The lowest BCUT2D eigenvalue weighted by atomic mass is 10.1. The third kappa shape index (κ3) is 6.37. The van der Waals surface area contributed by atoms with Gasteiger partial charge in [0.15, 0.2) is 0 Å². The Hall–Kier alpha value is -2.42. The standard InChI is InChI=1S/C21H27N3/c1-16(2)22-14-19-10-20(15-23-17(3)4)12-21(11-19)24-13-18-8-6-5-7-9-18/h5-12,14-17,24H,13H2,1-4H3/b22-14+,23-15+. The molecule has 0 saturated carbocycles. The van der Waals surface area contributed by atoms with E-state index >= 15 is 0 Å². The lowest BCUT2D eigenvalue weighted by Crippen LogP contribution is -2.01. The SMILES string of the molecule is CC(C)/N=C/c1cc(/C=N/C(C)C)cc(NCc2ccccc2)c1. The molecule has 0 aliphatic heterocycles. The van der Waals surface area contributed by atoms with Crippen molar-refractivity contribution in [3.05, 3.63) is 65.2 Å². The average Bonchev–Trinajstić information content (AvgIpc) is 2.57. The van der Waals surface area contributed by atoms with Crippen molar-refractivity contribution in [3.63, 3.8) is 0 Å². The van der Waals surface area contributed by atoms with E-state index in [9.17, 15) is 0 Å². The zero-order valence-electron chi connectivity index (χ0n) is 15.0. The predicted octanol–water partition coefficient (Wildman–Crippen LogP) is 4.95. The molecule has 0 aliphatic rings. The molecule has 0 radical (unpaired) electrons. The minimum atomic E-state index is 0.290. The minimum absolute atomic E-state index is 0.290. The Morgan fingerprint density at radius 2 is 1.38 bits per heavy atom. The van der Waals surface area contributed by atoms with Crippen LogP contribution in [-0.4, -0.2) is 24.5 Å². The average molecular weight is 321 g/mol. The van der Waals surface area contributed by atoms with Crippen molar-refractivity contribution in [1.82, 2.24) is 0 Å². The molecule has 2 aromatic rings. The fourth-order valence-corrected chi connectivity index (χ4v) is 2.20. The van der Waals surface area contributed by atoms with Crippen molar-refractivity contribution in [1.29, 1.82) is 0 Å². The number of nitrogens with one attached hydrogen (secondary N) is 1. The summed E-state index contributed by atoms with van der Waals surface area (Å²) in [6.07, 6.45) is 3.87. The molecule has 0 aromatic heterocycles. The molecule has 0 spiro atoms. The molecule has 0 bridgehead atoms. The molecule has 0 aliphatic carbocycles. The number of benzene rings is 2. The van der Waals surface area contributed by atoms with E-state index in [0.29, 0.717) is 12.1 Å². The summed E-state index contributed by atoms with van der Waals surface area (Å²) in [4.78, 5) is 8.99. The molecule has 0 atom stereocenters. The lowest BCUT2D eigenvalue weighted by Gasteiger charge is -2.09. The van der Waals surface area contributed by atoms with Crippen molar-refractivity contribution in [3.8, 4) is 0 Å². The first-order valence-electron chi connectivity index (χ1n) is 8.52. The Morgan fingerprint density at radius 1 is 0.833 bits per heavy atom. The molecule has 126 valence electrons. The molecule has 0 heterocycles. The summed E-state index contributed by atoms with van der Waals surface area (Å²) in [5, 5.41) is 3.49. The fourth-order valence-electron chi connectivity index (χ4n) is 2.20. The van der Waals surface area contributed by atoms with Gasteiger partial charge >= 0.3 is 0 Å². The largest absolute Gasteiger partial charge is 0.381 e. The lowest BCUT2D eigenvalue weighted by molar-refractivity contribution is 0.841. The van der Waals surface area contributed by atoms with Crippen molar-refractivity contribution < 1.29 is 0 Å². The van der Waals surface area contributed by atoms with Gasteiger partial charge in [0.05, 0.1) is 0 Å². The summed E-state index contributed by atoms with van der Waals surface area (Å²) in [7, 11) is 0. The number of hydrogen-bond donors (Lipinski definition) is 1. The van der Waals surface area contributed by atoms with Crippen LogP contribution in [0.25, 0.3) is 0 Å². The van der Waals surface area contributed by atoms with Gasteiger partial charge in [-0.1, -0.05) is 30.3 Å². The molecule has 0 amide bonds. The maximum atomic E-state index is 4.49. The number of nitrogens with zero attached hydrogens (tertiary/aromatic N) is 2. The van der Waals surface area contributed by atoms with Crippen LogP contribution < -0.4 is 5.32 Å². The smallest absolute Gasteiger partial charge is 0.0443 e. The van der Waals surface area contributed by atoms with E-state index in [4.69, 9.17) is 0 Å². The van der Waals surface area contributed by atoms with Crippen molar-refractivity contribution in [2.75, 3.05) is 5.32 Å². The van der Waals surface area contributed by atoms with Gasteiger partial charge in [0.25, 0.3) is 0 Å². The van der Waals surface area contributed by atoms with E-state index in [1.54, 1.807) is 0 Å². The summed E-state index contributed by atoms with van der Waals surface area (Å²) in [5.74, 6) is 0. The van der Waals surface area contributed by atoms with E-state index in [1.807, 2.05) is 18.5 Å². The summed E-state index contributed by atoms with van der Waals surface area (Å²) >= 11 is 0. The summed E-state index contributed by atoms with van der Waals surface area (Å²) in [5.41, 5.74) is 4.52. The highest BCUT2D eigenvalue weighted by Gasteiger charge is 2.00. The first-order valence-corrected chi connectivity index (χ1v) is 8.52. The zero-order chi connectivity index (χ0) is 17.4. The molecule has 0 saturated heterocycles. The van der Waals surface area contributed by atoms with E-state index < -0.39 is 0 Å². The van der Waals surface area contributed by atoms with Crippen LogP contribution in [0.4, 0.5) is 5.69 Å². The molecule has 3 nitrogen and oxygen atoms in total. The van der Waals surface area contributed by atoms with Gasteiger partial charge < -0.3 is 5.32 Å². The Bertz CT molecular complexity index is 649. The highest BCUT2D eigenvalue weighted by Crippen LogP contribution is 2.15. The predicted molar refractivity (Wildman–Crippen MR) is 106 cm³/mol. The van der Waals surface area contributed by atoms with Gasteiger partial charge in [0.1, 0.15) is 0 Å². The van der Waals surface area contributed by atoms with E-state index in [0.717, 1.165) is 23.4 Å². The van der Waals surface area contributed by atoms with Crippen molar-refractivity contribution in [2.45, 2.75) is 46.3 Å². The van der Waals surface area contributed by atoms with Crippen LogP contribution in [-0.2, 0) is 6.54 Å². The van der Waals surface area contributed by atoms with Gasteiger partial charge in [-0.3, -0.25) is 9.98 Å². The molecule has 2 aromatic carbocycles. The number of rotatable bonds is 7. The quantitative estimate of drug-likeness (QED) is 0.719. The maximum absolute atomic E-state index is 4.49. The Labute approximate surface area is 145 Å². The van der Waals surface area contributed by atoms with E-state index in [2.05, 4.69) is 85.5 Å². The maximum Gasteiger partial charge on any atom is 0.0443 e. The highest BCUT2D eigenvalue weighted by atomic mass is 14.9. The van der Waals surface area contributed by atoms with Gasteiger partial charge in [0.2, 0.25) is 0 Å². The number of hydrogen-bond acceptors (Lipinski definition) is 3. The van der Waals surface area contributed by atoms with E-state index in [-0.39, 0.29) is 0 Å². The second-order valence-electron chi connectivity index (χ2n) is 6.47. The second kappa shape index (κ2) is 9.02. The van der Waals surface area contributed by atoms with E-state index in [1.165, 1.54) is 5.56 Å². The zero-order valence-corrected chi connectivity index (χ0v) is 15.0. The van der Waals surface area contributed by atoms with Crippen LogP contribution >= 0.6 is 0 Å². The number of aliphatic imine (C=N–C) groups is 2. The molecule has 24 heavy (non-hydrogen) atoms. The van der Waals surface area contributed by atoms with Gasteiger partial charge in [-0.05, 0) is 62.6 Å². The Kier molecular flexibility index (Phi) is 6.74. The van der Waals surface area contributed by atoms with Crippen LogP contribution in [0, 0.1) is 0 Å². The van der Waals surface area contributed by atoms with Crippen LogP contribution in [0.15, 0.2) is 58.5 Å². The van der Waals surface area contributed by atoms with Gasteiger partial charge in [0, 0.05) is 36.7 Å². The summed E-state index contributed by atoms with van der Waals surface area (Å²) in [6, 6.07) is 17.3. The Balaban J connectivity index is 2.21. The first kappa shape index (κ1) is 17.9. The summed E-state index contributed by atoms with van der Waals surface area (Å²) < 4.78 is 0. The molecule has 2 rings (SSSR count). The third-order valence-corrected chi connectivity index (χ3v) is 3.36. The van der Waals surface area contributed by atoms with Crippen LogP contribution in [0.1, 0.15) is 44.4 Å². The van der Waals surface area contributed by atoms with Crippen LogP contribution in [0.5, 0.6) is 0 Å². The highest BCUT2D eigenvalue weighted by molar-refractivity contribution is 5.88. The normalized spacial score (nSPS) is 11.9. The molecular weight excluding hydrogens is 294 g/mol. The second-order valence-corrected chi connectivity index (χ2v) is 6.47. The fraction of sp³-hybridized carbons (Fsp3) is 0.333. The van der Waals surface area contributed by atoms with Gasteiger partial charge in [-0.15, -0.1) is 0 Å². The van der Waals surface area contributed by atoms with Gasteiger partial charge in [-0.2, -0.15) is 0 Å². The minimum Gasteiger partial charge on any atom is -0.381 e. The van der Waals surface area contributed by atoms with Crippen LogP contribution in [0.3, 0.4) is 0 Å². The molecular formula is C21H27N3. The molecule has 0 fully saturated rings. The summed E-state index contributed by atoms with van der Waals surface area (Å²) in [6.45, 7) is 9.11. The third-order valence-electron chi connectivity index (χ3n) is 3.36. The Morgan fingerprint density at radius 3 is 1.88 bits per heavy atom. The van der Waals surface area contributed by atoms with Crippen LogP contribution in [0.2, 0.25) is 0 Å². The molecule has 0 unspecified atom stereocenters. The monoisotopic (exact) mass is 321 g/mol. The van der Waals surface area contributed by atoms with Crippen molar-refractivity contribution in [2.24, 2.45) is 9.98 Å². The van der Waals surface area contributed by atoms with Gasteiger partial charge in [-0.25, -0.2) is 0 Å².